The fraction of sp³-hybridized carbons (Fsp3) is 0.417. The molecule has 0 saturated carbocycles. The molecule has 0 unspecified atom stereocenters. The molecule has 27 heavy (non-hydrogen) atoms. The molecule has 2 aromatic carbocycles. The van der Waals surface area contributed by atoms with Crippen molar-refractivity contribution in [1.82, 2.24) is 4.90 Å². The van der Waals surface area contributed by atoms with Gasteiger partial charge in [-0.25, -0.2) is 0 Å². The number of likely N-dealkylation sites (tertiary alicyclic amines) is 1. The Morgan fingerprint density at radius 3 is 2.04 bits per heavy atom. The summed E-state index contributed by atoms with van der Waals surface area (Å²) in [5.41, 5.74) is 3.85. The Kier molecular flexibility index (Phi) is 7.35. The van der Waals surface area contributed by atoms with Crippen LogP contribution in [0.15, 0.2) is 48.5 Å². The van der Waals surface area contributed by atoms with Gasteiger partial charge >= 0.3 is 0 Å². The molecule has 1 aliphatic rings. The Hall–Kier alpha value is -2.26. The lowest BCUT2D eigenvalue weighted by Crippen LogP contribution is -2.30. The van der Waals surface area contributed by atoms with Gasteiger partial charge in [0.15, 0.2) is 0 Å². The van der Waals surface area contributed by atoms with Gasteiger partial charge in [-0.15, -0.1) is 0 Å². The molecule has 0 spiro atoms. The number of hydrogen-bond donors (Lipinski definition) is 0. The van der Waals surface area contributed by atoms with Crippen LogP contribution in [-0.2, 0) is 0 Å². The zero-order chi connectivity index (χ0) is 18.9. The molecule has 1 heterocycles. The van der Waals surface area contributed by atoms with E-state index in [2.05, 4.69) is 35.2 Å². The highest BCUT2D eigenvalue weighted by molar-refractivity contribution is 5.81. The predicted octanol–water partition coefficient (Wildman–Crippen LogP) is 5.51. The SMILES string of the molecule is COc1ccc(C=C(CCCN2CCCCC2)c2ccc(OC)cc2)cc1. The number of ether oxygens (including phenoxy) is 2. The smallest absolute Gasteiger partial charge is 0.118 e. The number of nitrogens with zero attached hydrogens (tertiary/aromatic N) is 1. The molecular formula is C24H31NO2. The Morgan fingerprint density at radius 1 is 0.852 bits per heavy atom. The van der Waals surface area contributed by atoms with Gasteiger partial charge in [-0.1, -0.05) is 36.8 Å². The summed E-state index contributed by atoms with van der Waals surface area (Å²) in [7, 11) is 3.41. The van der Waals surface area contributed by atoms with Crippen molar-refractivity contribution >= 4 is 11.6 Å². The molecule has 0 bridgehead atoms. The van der Waals surface area contributed by atoms with Crippen molar-refractivity contribution in [1.29, 1.82) is 0 Å². The van der Waals surface area contributed by atoms with Gasteiger partial charge in [-0.2, -0.15) is 0 Å². The summed E-state index contributed by atoms with van der Waals surface area (Å²) in [6.45, 7) is 3.72. The maximum absolute atomic E-state index is 5.31. The molecule has 3 heteroatoms. The number of benzene rings is 2. The standard InChI is InChI=1S/C24H31NO2/c1-26-23-12-8-20(9-13-23)19-22(21-10-14-24(27-2)15-11-21)7-6-18-25-16-4-3-5-17-25/h8-15,19H,3-7,16-18H2,1-2H3. The summed E-state index contributed by atoms with van der Waals surface area (Å²) >= 11 is 0. The van der Waals surface area contributed by atoms with Gasteiger partial charge in [-0.3, -0.25) is 0 Å². The summed E-state index contributed by atoms with van der Waals surface area (Å²) in [5, 5.41) is 0. The molecule has 0 radical (unpaired) electrons. The molecular weight excluding hydrogens is 334 g/mol. The molecule has 3 nitrogen and oxygen atoms in total. The van der Waals surface area contributed by atoms with Gasteiger partial charge in [0.2, 0.25) is 0 Å². The molecule has 0 N–H and O–H groups in total. The van der Waals surface area contributed by atoms with Gasteiger partial charge in [-0.05, 0) is 86.3 Å². The van der Waals surface area contributed by atoms with Gasteiger partial charge < -0.3 is 14.4 Å². The Labute approximate surface area is 163 Å². The fourth-order valence-corrected chi connectivity index (χ4v) is 3.68. The summed E-state index contributed by atoms with van der Waals surface area (Å²) in [5.74, 6) is 1.79. The minimum Gasteiger partial charge on any atom is -0.497 e. The fourth-order valence-electron chi connectivity index (χ4n) is 3.68. The molecule has 2 aromatic rings. The Morgan fingerprint density at radius 2 is 1.44 bits per heavy atom. The first-order valence-corrected chi connectivity index (χ1v) is 10.00. The van der Waals surface area contributed by atoms with Crippen molar-refractivity contribution < 1.29 is 9.47 Å². The average molecular weight is 366 g/mol. The topological polar surface area (TPSA) is 21.7 Å². The van der Waals surface area contributed by atoms with Crippen LogP contribution in [0.2, 0.25) is 0 Å². The maximum atomic E-state index is 5.31. The van der Waals surface area contributed by atoms with Crippen molar-refractivity contribution in [2.75, 3.05) is 33.9 Å². The van der Waals surface area contributed by atoms with Crippen LogP contribution in [0.1, 0.15) is 43.2 Å². The van der Waals surface area contributed by atoms with E-state index in [0.717, 1.165) is 17.9 Å². The van der Waals surface area contributed by atoms with Gasteiger partial charge in [0, 0.05) is 0 Å². The van der Waals surface area contributed by atoms with Crippen LogP contribution in [0.25, 0.3) is 11.6 Å². The molecule has 0 atom stereocenters. The molecule has 1 fully saturated rings. The van der Waals surface area contributed by atoms with Crippen molar-refractivity contribution in [3.63, 3.8) is 0 Å². The van der Waals surface area contributed by atoms with Crippen LogP contribution in [0, 0.1) is 0 Å². The van der Waals surface area contributed by atoms with E-state index >= 15 is 0 Å². The van der Waals surface area contributed by atoms with E-state index in [0.29, 0.717) is 0 Å². The third-order valence-electron chi connectivity index (χ3n) is 5.29. The second-order valence-electron chi connectivity index (χ2n) is 7.18. The van der Waals surface area contributed by atoms with Crippen LogP contribution in [0.3, 0.4) is 0 Å². The van der Waals surface area contributed by atoms with Crippen LogP contribution in [-0.4, -0.2) is 38.8 Å². The lowest BCUT2D eigenvalue weighted by Gasteiger charge is -2.26. The number of rotatable bonds is 8. The second-order valence-corrected chi connectivity index (χ2v) is 7.18. The molecule has 1 saturated heterocycles. The van der Waals surface area contributed by atoms with Crippen molar-refractivity contribution in [2.45, 2.75) is 32.1 Å². The van der Waals surface area contributed by atoms with Gasteiger partial charge in [0.25, 0.3) is 0 Å². The summed E-state index contributed by atoms with van der Waals surface area (Å²) in [6, 6.07) is 16.7. The minimum absolute atomic E-state index is 0.892. The molecule has 3 rings (SSSR count). The highest BCUT2D eigenvalue weighted by Crippen LogP contribution is 2.26. The molecule has 0 aliphatic carbocycles. The van der Waals surface area contributed by atoms with E-state index < -0.39 is 0 Å². The first-order chi connectivity index (χ1) is 13.3. The van der Waals surface area contributed by atoms with Crippen molar-refractivity contribution in [3.05, 3.63) is 59.7 Å². The van der Waals surface area contributed by atoms with Crippen molar-refractivity contribution in [2.24, 2.45) is 0 Å². The third-order valence-corrected chi connectivity index (χ3v) is 5.29. The zero-order valence-electron chi connectivity index (χ0n) is 16.6. The summed E-state index contributed by atoms with van der Waals surface area (Å²) in [6.07, 6.45) is 8.67. The van der Waals surface area contributed by atoms with Crippen LogP contribution >= 0.6 is 0 Å². The maximum Gasteiger partial charge on any atom is 0.118 e. The molecule has 0 amide bonds. The van der Waals surface area contributed by atoms with E-state index in [4.69, 9.17) is 9.47 Å². The van der Waals surface area contributed by atoms with E-state index in [1.807, 2.05) is 24.3 Å². The quantitative estimate of drug-likeness (QED) is 0.576. The van der Waals surface area contributed by atoms with E-state index in [9.17, 15) is 0 Å². The van der Waals surface area contributed by atoms with Gasteiger partial charge in [0.05, 0.1) is 14.2 Å². The lowest BCUT2D eigenvalue weighted by atomic mass is 9.98. The lowest BCUT2D eigenvalue weighted by molar-refractivity contribution is 0.227. The first-order valence-electron chi connectivity index (χ1n) is 10.00. The zero-order valence-corrected chi connectivity index (χ0v) is 16.6. The summed E-state index contributed by atoms with van der Waals surface area (Å²) in [4.78, 5) is 2.61. The predicted molar refractivity (Wildman–Crippen MR) is 113 cm³/mol. The highest BCUT2D eigenvalue weighted by atomic mass is 16.5. The number of allylic oxidation sites excluding steroid dienone is 1. The normalized spacial score (nSPS) is 15.6. The average Bonchev–Trinajstić information content (AvgIpc) is 2.74. The Bertz CT molecular complexity index is 713. The highest BCUT2D eigenvalue weighted by Gasteiger charge is 2.10. The minimum atomic E-state index is 0.892. The van der Waals surface area contributed by atoms with E-state index in [1.165, 1.54) is 62.0 Å². The van der Waals surface area contributed by atoms with Crippen LogP contribution in [0.4, 0.5) is 0 Å². The number of methoxy groups -OCH3 is 2. The summed E-state index contributed by atoms with van der Waals surface area (Å²) < 4.78 is 10.6. The van der Waals surface area contributed by atoms with Crippen LogP contribution < -0.4 is 9.47 Å². The third kappa shape index (κ3) is 5.86. The van der Waals surface area contributed by atoms with E-state index in [1.54, 1.807) is 14.2 Å². The first kappa shape index (κ1) is 19.5. The number of piperidine rings is 1. The monoisotopic (exact) mass is 365 g/mol. The van der Waals surface area contributed by atoms with Gasteiger partial charge in [0.1, 0.15) is 11.5 Å². The Balaban J connectivity index is 1.73. The second kappa shape index (κ2) is 10.2. The number of hydrogen-bond acceptors (Lipinski definition) is 3. The largest absolute Gasteiger partial charge is 0.497 e. The molecule has 0 aromatic heterocycles. The van der Waals surface area contributed by atoms with E-state index in [-0.39, 0.29) is 0 Å². The van der Waals surface area contributed by atoms with Crippen molar-refractivity contribution in [3.8, 4) is 11.5 Å². The molecule has 1 aliphatic heterocycles. The molecule has 144 valence electrons. The van der Waals surface area contributed by atoms with Crippen LogP contribution in [0.5, 0.6) is 11.5 Å².